The molecule has 0 unspecified atom stereocenters. The van der Waals surface area contributed by atoms with Crippen LogP contribution in [0.1, 0.15) is 44.6 Å². The standard InChI is InChI=1S/C25H31N5O2/c1-3-4-5-13-27-24(31)19-11-15-30(16-12-19)23-21(10-7-14-26-23)25-28-22(29-32-25)20-9-6-8-18(2)17-20/h6-10,14,17,19H,3-5,11-13,15-16H2,1-2H3,(H,27,31). The largest absolute Gasteiger partial charge is 0.356 e. The van der Waals surface area contributed by atoms with Gasteiger partial charge in [0.15, 0.2) is 0 Å². The minimum Gasteiger partial charge on any atom is -0.356 e. The van der Waals surface area contributed by atoms with Crippen LogP contribution in [0.3, 0.4) is 0 Å². The Morgan fingerprint density at radius 2 is 2.03 bits per heavy atom. The lowest BCUT2D eigenvalue weighted by atomic mass is 9.95. The fraction of sp³-hybridized carbons (Fsp3) is 0.440. The summed E-state index contributed by atoms with van der Waals surface area (Å²) in [6, 6.07) is 11.9. The van der Waals surface area contributed by atoms with Crippen LogP contribution >= 0.6 is 0 Å². The summed E-state index contributed by atoms with van der Waals surface area (Å²) in [5, 5.41) is 7.28. The molecular weight excluding hydrogens is 402 g/mol. The molecule has 32 heavy (non-hydrogen) atoms. The van der Waals surface area contributed by atoms with Crippen LogP contribution in [0.4, 0.5) is 5.82 Å². The van der Waals surface area contributed by atoms with E-state index >= 15 is 0 Å². The topological polar surface area (TPSA) is 84.2 Å². The molecule has 1 aromatic carbocycles. The number of aryl methyl sites for hydroxylation is 1. The number of anilines is 1. The average Bonchev–Trinajstić information content (AvgIpc) is 3.32. The molecule has 0 aliphatic carbocycles. The second-order valence-electron chi connectivity index (χ2n) is 8.43. The van der Waals surface area contributed by atoms with Gasteiger partial charge in [0.25, 0.3) is 5.89 Å². The Morgan fingerprint density at radius 1 is 1.19 bits per heavy atom. The van der Waals surface area contributed by atoms with Gasteiger partial charge in [-0.3, -0.25) is 4.79 Å². The summed E-state index contributed by atoms with van der Waals surface area (Å²) in [6.45, 7) is 6.53. The van der Waals surface area contributed by atoms with Gasteiger partial charge in [-0.25, -0.2) is 4.98 Å². The van der Waals surface area contributed by atoms with Crippen molar-refractivity contribution in [1.82, 2.24) is 20.4 Å². The summed E-state index contributed by atoms with van der Waals surface area (Å²) in [7, 11) is 0. The summed E-state index contributed by atoms with van der Waals surface area (Å²) in [5.41, 5.74) is 2.89. The van der Waals surface area contributed by atoms with Gasteiger partial charge in [-0.2, -0.15) is 4.98 Å². The van der Waals surface area contributed by atoms with Gasteiger partial charge in [-0.1, -0.05) is 48.7 Å². The summed E-state index contributed by atoms with van der Waals surface area (Å²) < 4.78 is 5.61. The summed E-state index contributed by atoms with van der Waals surface area (Å²) in [4.78, 5) is 23.9. The smallest absolute Gasteiger partial charge is 0.261 e. The normalized spacial score (nSPS) is 14.5. The number of carbonyl (C=O) groups excluding carboxylic acids is 1. The molecule has 0 radical (unpaired) electrons. The average molecular weight is 434 g/mol. The summed E-state index contributed by atoms with van der Waals surface area (Å²) >= 11 is 0. The molecule has 0 saturated carbocycles. The number of nitrogens with zero attached hydrogens (tertiary/aromatic N) is 4. The van der Waals surface area contributed by atoms with E-state index in [1.54, 1.807) is 6.20 Å². The fourth-order valence-corrected chi connectivity index (χ4v) is 4.13. The number of benzene rings is 1. The van der Waals surface area contributed by atoms with E-state index in [1.807, 2.05) is 43.3 Å². The van der Waals surface area contributed by atoms with E-state index < -0.39 is 0 Å². The second kappa shape index (κ2) is 10.4. The van der Waals surface area contributed by atoms with Crippen LogP contribution in [0.5, 0.6) is 0 Å². The van der Waals surface area contributed by atoms with Crippen LogP contribution in [0.15, 0.2) is 47.1 Å². The number of unbranched alkanes of at least 4 members (excludes halogenated alkanes) is 2. The van der Waals surface area contributed by atoms with Crippen molar-refractivity contribution >= 4 is 11.7 Å². The van der Waals surface area contributed by atoms with Crippen LogP contribution < -0.4 is 10.2 Å². The Morgan fingerprint density at radius 3 is 2.81 bits per heavy atom. The summed E-state index contributed by atoms with van der Waals surface area (Å²) in [6.07, 6.45) is 6.77. The van der Waals surface area contributed by atoms with Crippen molar-refractivity contribution in [2.45, 2.75) is 46.0 Å². The maximum absolute atomic E-state index is 12.5. The Bertz CT molecular complexity index is 1040. The maximum Gasteiger partial charge on any atom is 0.261 e. The van der Waals surface area contributed by atoms with Gasteiger partial charge in [0.05, 0.1) is 5.56 Å². The zero-order valence-electron chi connectivity index (χ0n) is 18.9. The molecule has 7 heteroatoms. The Kier molecular flexibility index (Phi) is 7.14. The van der Waals surface area contributed by atoms with E-state index in [1.165, 1.54) is 0 Å². The molecule has 0 bridgehead atoms. The molecule has 1 aliphatic rings. The van der Waals surface area contributed by atoms with Crippen molar-refractivity contribution in [3.05, 3.63) is 48.2 Å². The zero-order chi connectivity index (χ0) is 22.3. The van der Waals surface area contributed by atoms with Gasteiger partial charge >= 0.3 is 0 Å². The number of carbonyl (C=O) groups is 1. The molecular formula is C25H31N5O2. The maximum atomic E-state index is 12.5. The number of amides is 1. The first kappa shape index (κ1) is 22.0. The van der Waals surface area contributed by atoms with Gasteiger partial charge in [-0.05, 0) is 44.4 Å². The van der Waals surface area contributed by atoms with Gasteiger partial charge < -0.3 is 14.7 Å². The number of nitrogens with one attached hydrogen (secondary N) is 1. The Balaban J connectivity index is 1.43. The number of hydrogen-bond acceptors (Lipinski definition) is 6. The number of hydrogen-bond donors (Lipinski definition) is 1. The fourth-order valence-electron chi connectivity index (χ4n) is 4.13. The van der Waals surface area contributed by atoms with E-state index in [4.69, 9.17) is 4.52 Å². The molecule has 1 aliphatic heterocycles. The third-order valence-corrected chi connectivity index (χ3v) is 5.96. The van der Waals surface area contributed by atoms with E-state index in [0.717, 1.165) is 74.2 Å². The van der Waals surface area contributed by atoms with E-state index in [-0.39, 0.29) is 11.8 Å². The predicted octanol–water partition coefficient (Wildman–Crippen LogP) is 4.63. The van der Waals surface area contributed by atoms with Crippen molar-refractivity contribution in [3.63, 3.8) is 0 Å². The van der Waals surface area contributed by atoms with Gasteiger partial charge in [0, 0.05) is 37.3 Å². The van der Waals surface area contributed by atoms with E-state index in [2.05, 4.69) is 32.3 Å². The predicted molar refractivity (Wildman–Crippen MR) is 125 cm³/mol. The molecule has 0 spiro atoms. The molecule has 168 valence electrons. The van der Waals surface area contributed by atoms with Crippen LogP contribution in [0.25, 0.3) is 22.8 Å². The van der Waals surface area contributed by atoms with E-state index in [9.17, 15) is 4.79 Å². The quantitative estimate of drug-likeness (QED) is 0.522. The molecule has 4 rings (SSSR count). The molecule has 2 aromatic heterocycles. The molecule has 1 amide bonds. The van der Waals surface area contributed by atoms with Crippen molar-refractivity contribution in [3.8, 4) is 22.8 Å². The Hall–Kier alpha value is -3.22. The van der Waals surface area contributed by atoms with Crippen molar-refractivity contribution in [2.24, 2.45) is 5.92 Å². The Labute approximate surface area is 189 Å². The molecule has 3 aromatic rings. The molecule has 1 N–H and O–H groups in total. The van der Waals surface area contributed by atoms with E-state index in [0.29, 0.717) is 11.7 Å². The van der Waals surface area contributed by atoms with Crippen LogP contribution in [0, 0.1) is 12.8 Å². The lowest BCUT2D eigenvalue weighted by Gasteiger charge is -2.32. The first-order valence-electron chi connectivity index (χ1n) is 11.5. The zero-order valence-corrected chi connectivity index (χ0v) is 18.9. The third kappa shape index (κ3) is 5.15. The first-order chi connectivity index (χ1) is 15.7. The van der Waals surface area contributed by atoms with Gasteiger partial charge in [0.2, 0.25) is 11.7 Å². The lowest BCUT2D eigenvalue weighted by molar-refractivity contribution is -0.125. The van der Waals surface area contributed by atoms with Gasteiger partial charge in [0.1, 0.15) is 5.82 Å². The van der Waals surface area contributed by atoms with Crippen LogP contribution in [0.2, 0.25) is 0 Å². The number of pyridine rings is 1. The second-order valence-corrected chi connectivity index (χ2v) is 8.43. The lowest BCUT2D eigenvalue weighted by Crippen LogP contribution is -2.41. The van der Waals surface area contributed by atoms with Crippen LogP contribution in [-0.2, 0) is 4.79 Å². The molecule has 0 atom stereocenters. The van der Waals surface area contributed by atoms with Crippen LogP contribution in [-0.4, -0.2) is 40.7 Å². The summed E-state index contributed by atoms with van der Waals surface area (Å²) in [5.74, 6) is 2.10. The highest BCUT2D eigenvalue weighted by molar-refractivity contribution is 5.79. The SMILES string of the molecule is CCCCCNC(=O)C1CCN(c2ncccc2-c2nc(-c3cccc(C)c3)no2)CC1. The molecule has 7 nitrogen and oxygen atoms in total. The third-order valence-electron chi connectivity index (χ3n) is 5.96. The molecule has 1 fully saturated rings. The van der Waals surface area contributed by atoms with Crippen molar-refractivity contribution in [2.75, 3.05) is 24.5 Å². The molecule has 1 saturated heterocycles. The molecule has 3 heterocycles. The highest BCUT2D eigenvalue weighted by Crippen LogP contribution is 2.32. The highest BCUT2D eigenvalue weighted by Gasteiger charge is 2.27. The van der Waals surface area contributed by atoms with Gasteiger partial charge in [-0.15, -0.1) is 0 Å². The minimum atomic E-state index is 0.0661. The number of piperidine rings is 1. The number of rotatable bonds is 8. The monoisotopic (exact) mass is 433 g/mol. The van der Waals surface area contributed by atoms with Crippen molar-refractivity contribution < 1.29 is 9.32 Å². The minimum absolute atomic E-state index is 0.0661. The van der Waals surface area contributed by atoms with Crippen molar-refractivity contribution in [1.29, 1.82) is 0 Å². The highest BCUT2D eigenvalue weighted by atomic mass is 16.5. The first-order valence-corrected chi connectivity index (χ1v) is 11.5. The number of aromatic nitrogens is 3.